The number of benzene rings is 2. The fraction of sp³-hybridized carbons (Fsp3) is 0.250. The van der Waals surface area contributed by atoms with Gasteiger partial charge in [-0.1, -0.05) is 48.3 Å². The van der Waals surface area contributed by atoms with Gasteiger partial charge in [0.15, 0.2) is 5.75 Å². The molecule has 0 fully saturated rings. The van der Waals surface area contributed by atoms with Crippen molar-refractivity contribution in [2.75, 3.05) is 18.1 Å². The summed E-state index contributed by atoms with van der Waals surface area (Å²) in [5.41, 5.74) is 3.31. The molecule has 0 bridgehead atoms. The molecule has 1 aliphatic heterocycles. The molecule has 5 heteroatoms. The van der Waals surface area contributed by atoms with Crippen molar-refractivity contribution in [2.45, 2.75) is 20.3 Å². The molecule has 1 aliphatic rings. The molecule has 0 N–H and O–H groups in total. The maximum absolute atomic E-state index is 12.9. The van der Waals surface area contributed by atoms with Crippen LogP contribution in [0.25, 0.3) is 11.6 Å². The normalized spacial score (nSPS) is 15.0. The molecule has 3 rings (SSSR count). The number of fused-ring (bicyclic) bond motifs is 1. The zero-order valence-corrected chi connectivity index (χ0v) is 15.7. The van der Waals surface area contributed by atoms with Crippen LogP contribution in [0.15, 0.2) is 36.4 Å². The highest BCUT2D eigenvalue weighted by Crippen LogP contribution is 2.39. The Morgan fingerprint density at radius 3 is 2.44 bits per heavy atom. The summed E-state index contributed by atoms with van der Waals surface area (Å²) in [4.78, 5) is 14.7. The van der Waals surface area contributed by atoms with Crippen molar-refractivity contribution in [3.63, 3.8) is 0 Å². The predicted octanol–water partition coefficient (Wildman–Crippen LogP) is 5.69. The topological polar surface area (TPSA) is 29.5 Å². The highest BCUT2D eigenvalue weighted by atomic mass is 35.5. The average molecular weight is 376 g/mol. The quantitative estimate of drug-likeness (QED) is 0.628. The van der Waals surface area contributed by atoms with Gasteiger partial charge in [-0.25, -0.2) is 0 Å². The van der Waals surface area contributed by atoms with Crippen molar-refractivity contribution in [1.29, 1.82) is 0 Å². The van der Waals surface area contributed by atoms with E-state index in [1.165, 1.54) is 0 Å². The summed E-state index contributed by atoms with van der Waals surface area (Å²) in [5, 5.41) is 0.871. The van der Waals surface area contributed by atoms with Crippen LogP contribution in [0.5, 0.6) is 5.75 Å². The molecule has 0 saturated carbocycles. The van der Waals surface area contributed by atoms with Crippen LogP contribution < -0.4 is 9.64 Å². The SMILES string of the molecule is CCCN1C(=O)/C(=C\c2cc(Cl)c(OCC)c(Cl)c2)c2ccccc21. The number of para-hydroxylation sites is 1. The summed E-state index contributed by atoms with van der Waals surface area (Å²) in [6.07, 6.45) is 2.73. The lowest BCUT2D eigenvalue weighted by Crippen LogP contribution is -2.26. The predicted molar refractivity (Wildman–Crippen MR) is 105 cm³/mol. The fourth-order valence-electron chi connectivity index (χ4n) is 3.00. The second kappa shape index (κ2) is 7.51. The van der Waals surface area contributed by atoms with Crippen molar-refractivity contribution in [2.24, 2.45) is 0 Å². The van der Waals surface area contributed by atoms with Gasteiger partial charge < -0.3 is 9.64 Å². The average Bonchev–Trinajstić information content (AvgIpc) is 2.85. The molecule has 1 heterocycles. The van der Waals surface area contributed by atoms with Gasteiger partial charge in [-0.3, -0.25) is 4.79 Å². The Labute approximate surface area is 157 Å². The van der Waals surface area contributed by atoms with Crippen LogP contribution in [0.1, 0.15) is 31.4 Å². The first kappa shape index (κ1) is 17.8. The Kier molecular flexibility index (Phi) is 5.36. The first-order chi connectivity index (χ1) is 12.1. The molecule has 2 aromatic rings. The fourth-order valence-corrected chi connectivity index (χ4v) is 3.62. The number of ether oxygens (including phenoxy) is 1. The van der Waals surface area contributed by atoms with Crippen LogP contribution in [0.4, 0.5) is 5.69 Å². The summed E-state index contributed by atoms with van der Waals surface area (Å²) in [6, 6.07) is 11.4. The number of amides is 1. The Morgan fingerprint density at radius 2 is 1.80 bits per heavy atom. The van der Waals surface area contributed by atoms with E-state index in [1.807, 2.05) is 42.2 Å². The van der Waals surface area contributed by atoms with Gasteiger partial charge in [0.25, 0.3) is 5.91 Å². The molecule has 0 aromatic heterocycles. The van der Waals surface area contributed by atoms with Gasteiger partial charge in [-0.05, 0) is 43.2 Å². The third-order valence-corrected chi connectivity index (χ3v) is 4.59. The maximum Gasteiger partial charge on any atom is 0.258 e. The molecule has 25 heavy (non-hydrogen) atoms. The molecule has 0 unspecified atom stereocenters. The van der Waals surface area contributed by atoms with Gasteiger partial charge in [0.05, 0.1) is 22.3 Å². The van der Waals surface area contributed by atoms with Gasteiger partial charge in [-0.15, -0.1) is 0 Å². The summed E-state index contributed by atoms with van der Waals surface area (Å²) >= 11 is 12.6. The first-order valence-corrected chi connectivity index (χ1v) is 9.07. The Morgan fingerprint density at radius 1 is 1.12 bits per heavy atom. The molecule has 0 spiro atoms. The van der Waals surface area contributed by atoms with E-state index in [9.17, 15) is 4.79 Å². The summed E-state index contributed by atoms with van der Waals surface area (Å²) < 4.78 is 5.46. The minimum absolute atomic E-state index is 0.00387. The molecular weight excluding hydrogens is 357 g/mol. The number of carbonyl (C=O) groups is 1. The first-order valence-electron chi connectivity index (χ1n) is 8.31. The van der Waals surface area contributed by atoms with Crippen molar-refractivity contribution in [3.05, 3.63) is 57.6 Å². The van der Waals surface area contributed by atoms with Gasteiger partial charge in [-0.2, -0.15) is 0 Å². The van der Waals surface area contributed by atoms with E-state index in [1.54, 1.807) is 12.1 Å². The Bertz CT molecular complexity index is 822. The number of anilines is 1. The smallest absolute Gasteiger partial charge is 0.258 e. The molecule has 0 atom stereocenters. The lowest BCUT2D eigenvalue weighted by atomic mass is 10.0. The lowest BCUT2D eigenvalue weighted by molar-refractivity contribution is -0.113. The van der Waals surface area contributed by atoms with E-state index in [4.69, 9.17) is 27.9 Å². The summed E-state index contributed by atoms with van der Waals surface area (Å²) in [5.74, 6) is 0.475. The van der Waals surface area contributed by atoms with E-state index in [2.05, 4.69) is 6.92 Å². The monoisotopic (exact) mass is 375 g/mol. The number of halogens is 2. The van der Waals surface area contributed by atoms with Gasteiger partial charge >= 0.3 is 0 Å². The molecule has 2 aromatic carbocycles. The summed E-state index contributed by atoms with van der Waals surface area (Å²) in [6.45, 7) is 5.11. The van der Waals surface area contributed by atoms with E-state index in [0.29, 0.717) is 34.5 Å². The number of rotatable bonds is 5. The standard InChI is InChI=1S/C20H19Cl2NO2/c1-3-9-23-18-8-6-5-7-14(18)15(20(23)24)10-13-11-16(21)19(25-4-2)17(22)12-13/h5-8,10-12H,3-4,9H2,1-2H3/b15-10-. The number of carbonyl (C=O) groups excluding carboxylic acids is 1. The lowest BCUT2D eigenvalue weighted by Gasteiger charge is -2.15. The molecule has 130 valence electrons. The number of hydrogen-bond acceptors (Lipinski definition) is 2. The van der Waals surface area contributed by atoms with Gasteiger partial charge in [0.1, 0.15) is 0 Å². The van der Waals surface area contributed by atoms with Crippen LogP contribution in [0.3, 0.4) is 0 Å². The second-order valence-electron chi connectivity index (χ2n) is 5.78. The maximum atomic E-state index is 12.9. The molecule has 1 amide bonds. The minimum atomic E-state index is 0.00387. The minimum Gasteiger partial charge on any atom is -0.491 e. The van der Waals surface area contributed by atoms with Crippen LogP contribution >= 0.6 is 23.2 Å². The zero-order chi connectivity index (χ0) is 18.0. The highest BCUT2D eigenvalue weighted by molar-refractivity contribution is 6.38. The molecule has 3 nitrogen and oxygen atoms in total. The zero-order valence-electron chi connectivity index (χ0n) is 14.2. The third kappa shape index (κ3) is 3.39. The Balaban J connectivity index is 2.06. The molecule has 0 saturated heterocycles. The van der Waals surface area contributed by atoms with Crippen LogP contribution in [0.2, 0.25) is 10.0 Å². The molecular formula is C20H19Cl2NO2. The van der Waals surface area contributed by atoms with E-state index in [-0.39, 0.29) is 5.91 Å². The number of nitrogens with zero attached hydrogens (tertiary/aromatic N) is 1. The van der Waals surface area contributed by atoms with E-state index >= 15 is 0 Å². The molecule has 0 radical (unpaired) electrons. The van der Waals surface area contributed by atoms with Crippen LogP contribution in [0, 0.1) is 0 Å². The van der Waals surface area contributed by atoms with Gasteiger partial charge in [0, 0.05) is 17.7 Å². The van der Waals surface area contributed by atoms with Crippen molar-refractivity contribution < 1.29 is 9.53 Å². The van der Waals surface area contributed by atoms with E-state index < -0.39 is 0 Å². The van der Waals surface area contributed by atoms with Gasteiger partial charge in [0.2, 0.25) is 0 Å². The van der Waals surface area contributed by atoms with Crippen LogP contribution in [-0.2, 0) is 4.79 Å². The van der Waals surface area contributed by atoms with E-state index in [0.717, 1.165) is 23.2 Å². The largest absolute Gasteiger partial charge is 0.491 e. The highest BCUT2D eigenvalue weighted by Gasteiger charge is 2.31. The molecule has 0 aliphatic carbocycles. The number of hydrogen-bond donors (Lipinski definition) is 0. The van der Waals surface area contributed by atoms with Crippen LogP contribution in [-0.4, -0.2) is 19.1 Å². The van der Waals surface area contributed by atoms with Crippen molar-refractivity contribution >= 4 is 46.4 Å². The van der Waals surface area contributed by atoms with Crippen molar-refractivity contribution in [1.82, 2.24) is 0 Å². The van der Waals surface area contributed by atoms with Crippen molar-refractivity contribution in [3.8, 4) is 5.75 Å². The third-order valence-electron chi connectivity index (χ3n) is 4.03. The summed E-state index contributed by atoms with van der Waals surface area (Å²) in [7, 11) is 0. The Hall–Kier alpha value is -1.97. The second-order valence-corrected chi connectivity index (χ2v) is 6.59.